The van der Waals surface area contributed by atoms with Crippen molar-refractivity contribution in [2.45, 2.75) is 11.4 Å². The van der Waals surface area contributed by atoms with Crippen LogP contribution in [0.3, 0.4) is 0 Å². The Labute approximate surface area is 225 Å². The first-order valence-electron chi connectivity index (χ1n) is 13.0. The molecule has 8 nitrogen and oxygen atoms in total. The van der Waals surface area contributed by atoms with Crippen LogP contribution in [0.1, 0.15) is 15.9 Å². The lowest BCUT2D eigenvalue weighted by Crippen LogP contribution is -2.49. The van der Waals surface area contributed by atoms with Gasteiger partial charge in [-0.15, -0.1) is 0 Å². The van der Waals surface area contributed by atoms with Gasteiger partial charge in [0.1, 0.15) is 5.75 Å². The predicted molar refractivity (Wildman–Crippen MR) is 148 cm³/mol. The molecule has 3 aromatic carbocycles. The predicted octanol–water partition coefficient (Wildman–Crippen LogP) is 3.16. The molecule has 0 spiro atoms. The summed E-state index contributed by atoms with van der Waals surface area (Å²) in [6.07, 6.45) is 0. The molecule has 2 saturated heterocycles. The highest BCUT2D eigenvalue weighted by Crippen LogP contribution is 2.28. The zero-order valence-corrected chi connectivity index (χ0v) is 22.5. The molecule has 0 saturated carbocycles. The van der Waals surface area contributed by atoms with Crippen molar-refractivity contribution in [3.05, 3.63) is 90.0 Å². The minimum absolute atomic E-state index is 0.0518. The zero-order valence-electron chi connectivity index (χ0n) is 21.7. The lowest BCUT2D eigenvalue weighted by atomic mass is 10.1. The quantitative estimate of drug-likeness (QED) is 0.464. The van der Waals surface area contributed by atoms with Gasteiger partial charge in [-0.05, 0) is 42.0 Å². The van der Waals surface area contributed by atoms with Crippen LogP contribution >= 0.6 is 0 Å². The van der Waals surface area contributed by atoms with E-state index in [0.717, 1.165) is 36.6 Å². The SMILES string of the molecule is COc1ccccc1N1CCN(C(=O)c2ccc(CN3CCN(S(=O)(=O)c4ccccc4)CC3)cc2)CC1. The van der Waals surface area contributed by atoms with Crippen molar-refractivity contribution >= 4 is 21.6 Å². The molecule has 2 heterocycles. The van der Waals surface area contributed by atoms with E-state index in [1.165, 1.54) is 0 Å². The highest BCUT2D eigenvalue weighted by atomic mass is 32.2. The number of para-hydroxylation sites is 2. The van der Waals surface area contributed by atoms with Gasteiger partial charge in [0, 0.05) is 64.5 Å². The van der Waals surface area contributed by atoms with Crippen molar-refractivity contribution < 1.29 is 17.9 Å². The zero-order chi connectivity index (χ0) is 26.5. The molecular weight excluding hydrogens is 500 g/mol. The van der Waals surface area contributed by atoms with Crippen LogP contribution in [0.25, 0.3) is 0 Å². The lowest BCUT2D eigenvalue weighted by molar-refractivity contribution is 0.0746. The second-order valence-corrected chi connectivity index (χ2v) is 11.6. The molecule has 5 rings (SSSR count). The molecule has 3 aromatic rings. The number of sulfonamides is 1. The van der Waals surface area contributed by atoms with Crippen molar-refractivity contribution in [2.75, 3.05) is 64.4 Å². The van der Waals surface area contributed by atoms with Gasteiger partial charge in [0.2, 0.25) is 10.0 Å². The average Bonchev–Trinajstić information content (AvgIpc) is 2.98. The van der Waals surface area contributed by atoms with Gasteiger partial charge in [0.05, 0.1) is 17.7 Å². The number of benzene rings is 3. The molecule has 0 bridgehead atoms. The van der Waals surface area contributed by atoms with E-state index in [1.54, 1.807) is 35.7 Å². The summed E-state index contributed by atoms with van der Waals surface area (Å²) in [7, 11) is -1.77. The molecule has 0 N–H and O–H groups in total. The molecule has 0 aromatic heterocycles. The second kappa shape index (κ2) is 11.6. The molecule has 9 heteroatoms. The molecule has 0 atom stereocenters. The van der Waals surface area contributed by atoms with Gasteiger partial charge in [-0.3, -0.25) is 9.69 Å². The largest absolute Gasteiger partial charge is 0.495 e. The van der Waals surface area contributed by atoms with Crippen LogP contribution in [-0.2, 0) is 16.6 Å². The first-order valence-corrected chi connectivity index (χ1v) is 14.4. The van der Waals surface area contributed by atoms with Gasteiger partial charge in [0.15, 0.2) is 0 Å². The van der Waals surface area contributed by atoms with Gasteiger partial charge in [0.25, 0.3) is 5.91 Å². The third kappa shape index (κ3) is 5.70. The van der Waals surface area contributed by atoms with E-state index < -0.39 is 10.0 Å². The van der Waals surface area contributed by atoms with Crippen LogP contribution in [0, 0.1) is 0 Å². The maximum Gasteiger partial charge on any atom is 0.253 e. The third-order valence-electron chi connectivity index (χ3n) is 7.31. The third-order valence-corrected chi connectivity index (χ3v) is 9.22. The smallest absolute Gasteiger partial charge is 0.253 e. The summed E-state index contributed by atoms with van der Waals surface area (Å²) in [5, 5.41) is 0. The van der Waals surface area contributed by atoms with Crippen molar-refractivity contribution in [1.29, 1.82) is 0 Å². The Balaban J connectivity index is 1.12. The van der Waals surface area contributed by atoms with E-state index in [4.69, 9.17) is 4.74 Å². The van der Waals surface area contributed by atoms with E-state index in [-0.39, 0.29) is 5.91 Å². The number of rotatable bonds is 7. The summed E-state index contributed by atoms with van der Waals surface area (Å²) in [5.74, 6) is 0.901. The fourth-order valence-corrected chi connectivity index (χ4v) is 6.55. The number of methoxy groups -OCH3 is 1. The van der Waals surface area contributed by atoms with E-state index in [9.17, 15) is 13.2 Å². The number of carbonyl (C=O) groups is 1. The van der Waals surface area contributed by atoms with Crippen LogP contribution in [0.2, 0.25) is 0 Å². The number of hydrogen-bond donors (Lipinski definition) is 0. The lowest BCUT2D eigenvalue weighted by Gasteiger charge is -2.36. The number of hydrogen-bond acceptors (Lipinski definition) is 6. The minimum Gasteiger partial charge on any atom is -0.495 e. The van der Waals surface area contributed by atoms with E-state index in [0.29, 0.717) is 49.7 Å². The maximum absolute atomic E-state index is 13.1. The Kier molecular flexibility index (Phi) is 7.97. The molecule has 1 amide bonds. The number of carbonyl (C=O) groups excluding carboxylic acids is 1. The number of ether oxygens (including phenoxy) is 1. The summed E-state index contributed by atoms with van der Waals surface area (Å²) >= 11 is 0. The molecule has 200 valence electrons. The summed E-state index contributed by atoms with van der Waals surface area (Å²) in [5.41, 5.74) is 2.87. The number of piperazine rings is 2. The first kappa shape index (κ1) is 26.2. The van der Waals surface area contributed by atoms with Gasteiger partial charge in [-0.1, -0.05) is 42.5 Å². The van der Waals surface area contributed by atoms with Crippen LogP contribution in [0.4, 0.5) is 5.69 Å². The monoisotopic (exact) mass is 534 g/mol. The standard InChI is InChI=1S/C29H34N4O4S/c1-37-28-10-6-5-9-27(28)31-17-19-32(20-18-31)29(34)25-13-11-24(12-14-25)23-30-15-21-33(22-16-30)38(35,36)26-7-3-2-4-8-26/h2-14H,15-23H2,1H3. The first-order chi connectivity index (χ1) is 18.5. The highest BCUT2D eigenvalue weighted by molar-refractivity contribution is 7.89. The second-order valence-electron chi connectivity index (χ2n) is 9.64. The fourth-order valence-electron chi connectivity index (χ4n) is 5.10. The van der Waals surface area contributed by atoms with Crippen molar-refractivity contribution in [3.8, 4) is 5.75 Å². The molecule has 0 radical (unpaired) electrons. The molecule has 0 aliphatic carbocycles. The molecule has 2 aliphatic rings. The van der Waals surface area contributed by atoms with Crippen LogP contribution in [-0.4, -0.2) is 87.9 Å². The molecular formula is C29H34N4O4S. The molecule has 2 aliphatic heterocycles. The Bertz CT molecular complexity index is 1330. The Hall–Kier alpha value is -3.40. The van der Waals surface area contributed by atoms with Gasteiger partial charge >= 0.3 is 0 Å². The summed E-state index contributed by atoms with van der Waals surface area (Å²) in [6.45, 7) is 5.84. The summed E-state index contributed by atoms with van der Waals surface area (Å²) < 4.78 is 32.8. The van der Waals surface area contributed by atoms with Crippen molar-refractivity contribution in [3.63, 3.8) is 0 Å². The maximum atomic E-state index is 13.1. The van der Waals surface area contributed by atoms with Gasteiger partial charge in [-0.25, -0.2) is 8.42 Å². The van der Waals surface area contributed by atoms with Crippen LogP contribution < -0.4 is 9.64 Å². The minimum atomic E-state index is -3.45. The molecule has 2 fully saturated rings. The highest BCUT2D eigenvalue weighted by Gasteiger charge is 2.28. The summed E-state index contributed by atoms with van der Waals surface area (Å²) in [4.78, 5) is 19.9. The van der Waals surface area contributed by atoms with E-state index in [2.05, 4.69) is 15.9 Å². The van der Waals surface area contributed by atoms with Gasteiger partial charge < -0.3 is 14.5 Å². The van der Waals surface area contributed by atoms with E-state index in [1.807, 2.05) is 53.4 Å². The summed E-state index contributed by atoms with van der Waals surface area (Å²) in [6, 6.07) is 24.4. The fraction of sp³-hybridized carbons (Fsp3) is 0.345. The van der Waals surface area contributed by atoms with Crippen molar-refractivity contribution in [1.82, 2.24) is 14.1 Å². The van der Waals surface area contributed by atoms with Crippen LogP contribution in [0.5, 0.6) is 5.75 Å². The molecule has 0 unspecified atom stereocenters. The topological polar surface area (TPSA) is 73.4 Å². The Morgan fingerprint density at radius 1 is 0.763 bits per heavy atom. The van der Waals surface area contributed by atoms with E-state index >= 15 is 0 Å². The Morgan fingerprint density at radius 2 is 1.39 bits per heavy atom. The Morgan fingerprint density at radius 3 is 2.05 bits per heavy atom. The normalized spacial score (nSPS) is 17.4. The number of anilines is 1. The molecule has 38 heavy (non-hydrogen) atoms. The van der Waals surface area contributed by atoms with Crippen LogP contribution in [0.15, 0.2) is 83.8 Å². The number of amides is 1. The van der Waals surface area contributed by atoms with Crippen molar-refractivity contribution in [2.24, 2.45) is 0 Å². The average molecular weight is 535 g/mol. The number of nitrogens with zero attached hydrogens (tertiary/aromatic N) is 4. The van der Waals surface area contributed by atoms with Gasteiger partial charge in [-0.2, -0.15) is 4.31 Å².